The lowest BCUT2D eigenvalue weighted by Gasteiger charge is -2.37. The Balaban J connectivity index is 1.26. The molecule has 2 bridgehead atoms. The summed E-state index contributed by atoms with van der Waals surface area (Å²) in [5.74, 6) is 0.0407. The van der Waals surface area contributed by atoms with E-state index in [9.17, 15) is 19.5 Å². The Morgan fingerprint density at radius 1 is 1.03 bits per heavy atom. The monoisotopic (exact) mass is 402 g/mol. The average molecular weight is 402 g/mol. The highest BCUT2D eigenvalue weighted by Gasteiger charge is 2.67. The molecule has 1 aromatic carbocycles. The fourth-order valence-electron chi connectivity index (χ4n) is 5.62. The van der Waals surface area contributed by atoms with Gasteiger partial charge >= 0.3 is 5.97 Å². The second-order valence-electron chi connectivity index (χ2n) is 8.44. The van der Waals surface area contributed by atoms with Gasteiger partial charge in [-0.1, -0.05) is 30.4 Å². The van der Waals surface area contributed by atoms with Crippen molar-refractivity contribution in [2.24, 2.45) is 40.6 Å². The van der Waals surface area contributed by atoms with Gasteiger partial charge in [-0.2, -0.15) is 10.1 Å². The number of imide groups is 1. The Kier molecular flexibility index (Phi) is 3.48. The van der Waals surface area contributed by atoms with Gasteiger partial charge in [0.1, 0.15) is 11.5 Å². The van der Waals surface area contributed by atoms with Crippen molar-refractivity contribution >= 4 is 24.0 Å². The summed E-state index contributed by atoms with van der Waals surface area (Å²) in [6, 6.07) is 9.83. The van der Waals surface area contributed by atoms with Crippen LogP contribution in [0, 0.1) is 35.5 Å². The summed E-state index contributed by atoms with van der Waals surface area (Å²) < 4.78 is 5.71. The molecule has 0 spiro atoms. The number of allylic oxidation sites excluding steroid dienone is 2. The van der Waals surface area contributed by atoms with E-state index in [0.717, 1.165) is 11.4 Å². The van der Waals surface area contributed by atoms with Gasteiger partial charge in [-0.15, -0.1) is 0 Å². The molecular weight excluding hydrogens is 384 g/mol. The average Bonchev–Trinajstić information content (AvgIpc) is 3.39. The normalized spacial score (nSPS) is 33.3. The van der Waals surface area contributed by atoms with Gasteiger partial charge in [0.25, 0.3) is 11.8 Å². The van der Waals surface area contributed by atoms with Gasteiger partial charge in [-0.3, -0.25) is 9.59 Å². The first kappa shape index (κ1) is 17.4. The highest BCUT2D eigenvalue weighted by molar-refractivity contribution is 6.06. The van der Waals surface area contributed by atoms with Crippen molar-refractivity contribution in [2.75, 3.05) is 0 Å². The van der Waals surface area contributed by atoms with E-state index < -0.39 is 5.97 Å². The molecule has 3 fully saturated rings. The Labute approximate surface area is 171 Å². The van der Waals surface area contributed by atoms with E-state index in [0.29, 0.717) is 28.9 Å². The van der Waals surface area contributed by atoms with E-state index in [2.05, 4.69) is 17.3 Å². The maximum absolute atomic E-state index is 12.9. The number of carbonyl (C=O) groups is 3. The minimum absolute atomic E-state index is 0.130. The van der Waals surface area contributed by atoms with Crippen LogP contribution in [0.15, 0.2) is 58.1 Å². The van der Waals surface area contributed by atoms with Crippen molar-refractivity contribution in [3.05, 3.63) is 59.9 Å². The SMILES string of the molecule is O=C(O)c1ccccc1-c1ccc(C=NN2C(=O)C3C4C=CC(C5CC45)C3C2=O)o1. The number of furan rings is 1. The molecule has 6 atom stereocenters. The maximum atomic E-state index is 12.9. The van der Waals surface area contributed by atoms with E-state index >= 15 is 0 Å². The van der Waals surface area contributed by atoms with Gasteiger partial charge in [0.05, 0.1) is 23.6 Å². The standard InChI is InChI=1S/C23H18N2O5/c26-21-19-13-6-7-14(17-9-16(13)17)20(19)22(27)25(21)24-10-11-5-8-18(30-11)12-3-1-2-4-15(12)23(28)29/h1-8,10,13-14,16-17,19-20H,9H2,(H,28,29). The Morgan fingerprint density at radius 2 is 1.70 bits per heavy atom. The first-order chi connectivity index (χ1) is 14.5. The molecule has 2 heterocycles. The molecule has 2 saturated carbocycles. The number of hydrogen-bond donors (Lipinski definition) is 1. The van der Waals surface area contributed by atoms with Crippen LogP contribution < -0.4 is 0 Å². The number of amides is 2. The fraction of sp³-hybridized carbons (Fsp3) is 0.304. The van der Waals surface area contributed by atoms with Crippen molar-refractivity contribution in [1.29, 1.82) is 0 Å². The molecule has 4 aliphatic carbocycles. The smallest absolute Gasteiger partial charge is 0.336 e. The van der Waals surface area contributed by atoms with Crippen LogP contribution in [0.3, 0.4) is 0 Å². The summed E-state index contributed by atoms with van der Waals surface area (Å²) in [6.45, 7) is 0. The summed E-state index contributed by atoms with van der Waals surface area (Å²) >= 11 is 0. The largest absolute Gasteiger partial charge is 0.478 e. The summed E-state index contributed by atoms with van der Waals surface area (Å²) in [4.78, 5) is 37.3. The molecule has 1 aromatic heterocycles. The molecule has 2 aromatic rings. The molecule has 2 amide bonds. The molecule has 0 radical (unpaired) electrons. The number of carboxylic acids is 1. The van der Waals surface area contributed by atoms with Crippen LogP contribution in [0.4, 0.5) is 0 Å². The zero-order chi connectivity index (χ0) is 20.6. The van der Waals surface area contributed by atoms with Crippen molar-refractivity contribution in [2.45, 2.75) is 6.42 Å². The molecule has 7 rings (SSSR count). The summed E-state index contributed by atoms with van der Waals surface area (Å²) in [5, 5.41) is 14.5. The summed E-state index contributed by atoms with van der Waals surface area (Å²) in [5.41, 5.74) is 0.580. The van der Waals surface area contributed by atoms with Gasteiger partial charge in [0, 0.05) is 5.56 Å². The van der Waals surface area contributed by atoms with E-state index in [1.54, 1.807) is 30.3 Å². The van der Waals surface area contributed by atoms with Gasteiger partial charge in [0.15, 0.2) is 0 Å². The van der Waals surface area contributed by atoms with Gasteiger partial charge in [-0.25, -0.2) is 4.79 Å². The quantitative estimate of drug-likeness (QED) is 0.481. The number of benzene rings is 1. The molecule has 6 unspecified atom stereocenters. The maximum Gasteiger partial charge on any atom is 0.336 e. The molecular formula is C23H18N2O5. The Bertz CT molecular complexity index is 1130. The van der Waals surface area contributed by atoms with Gasteiger partial charge in [0.2, 0.25) is 0 Å². The first-order valence-corrected chi connectivity index (χ1v) is 10.1. The molecule has 1 saturated heterocycles. The number of hydrazone groups is 1. The number of aromatic carboxylic acids is 1. The lowest BCUT2D eigenvalue weighted by atomic mass is 9.63. The zero-order valence-corrected chi connectivity index (χ0v) is 15.8. The Hall–Kier alpha value is -3.48. The van der Waals surface area contributed by atoms with Crippen LogP contribution in [-0.4, -0.2) is 34.1 Å². The summed E-state index contributed by atoms with van der Waals surface area (Å²) in [7, 11) is 0. The van der Waals surface area contributed by atoms with Gasteiger partial charge in [-0.05, 0) is 48.3 Å². The molecule has 7 heteroatoms. The molecule has 7 nitrogen and oxygen atoms in total. The zero-order valence-electron chi connectivity index (χ0n) is 15.8. The highest BCUT2D eigenvalue weighted by atomic mass is 16.4. The fourth-order valence-corrected chi connectivity index (χ4v) is 5.62. The van der Waals surface area contributed by atoms with E-state index in [4.69, 9.17) is 4.42 Å². The van der Waals surface area contributed by atoms with E-state index in [1.165, 1.54) is 12.3 Å². The minimum atomic E-state index is -1.05. The lowest BCUT2D eigenvalue weighted by Crippen LogP contribution is -2.40. The van der Waals surface area contributed by atoms with Crippen LogP contribution in [0.2, 0.25) is 0 Å². The topological polar surface area (TPSA) is 100 Å². The minimum Gasteiger partial charge on any atom is -0.478 e. The predicted octanol–water partition coefficient (Wildman–Crippen LogP) is 3.03. The number of carboxylic acid groups (broad SMARTS) is 1. The third-order valence-electron chi connectivity index (χ3n) is 6.99. The van der Waals surface area contributed by atoms with Crippen LogP contribution in [0.5, 0.6) is 0 Å². The third kappa shape index (κ3) is 2.32. The van der Waals surface area contributed by atoms with Crippen LogP contribution in [-0.2, 0) is 9.59 Å². The van der Waals surface area contributed by atoms with E-state index in [1.807, 2.05) is 0 Å². The first-order valence-electron chi connectivity index (χ1n) is 10.1. The number of rotatable bonds is 4. The Morgan fingerprint density at radius 3 is 2.37 bits per heavy atom. The van der Waals surface area contributed by atoms with Crippen molar-refractivity contribution in [3.8, 4) is 11.3 Å². The van der Waals surface area contributed by atoms with Crippen LogP contribution in [0.1, 0.15) is 22.5 Å². The third-order valence-corrected chi connectivity index (χ3v) is 6.99. The second-order valence-corrected chi connectivity index (χ2v) is 8.44. The van der Waals surface area contributed by atoms with Crippen molar-refractivity contribution < 1.29 is 23.9 Å². The van der Waals surface area contributed by atoms with Crippen LogP contribution >= 0.6 is 0 Å². The number of nitrogens with zero attached hydrogens (tertiary/aromatic N) is 2. The molecule has 1 N–H and O–H groups in total. The lowest BCUT2D eigenvalue weighted by molar-refractivity contribution is -0.140. The van der Waals surface area contributed by atoms with Crippen molar-refractivity contribution in [3.63, 3.8) is 0 Å². The summed E-state index contributed by atoms with van der Waals surface area (Å²) in [6.07, 6.45) is 6.70. The van der Waals surface area contributed by atoms with Crippen molar-refractivity contribution in [1.82, 2.24) is 5.01 Å². The van der Waals surface area contributed by atoms with Crippen LogP contribution in [0.25, 0.3) is 11.3 Å². The molecule has 1 aliphatic heterocycles. The second kappa shape index (κ2) is 6.01. The molecule has 5 aliphatic rings. The number of hydrogen-bond acceptors (Lipinski definition) is 5. The number of carbonyl (C=O) groups excluding carboxylic acids is 2. The highest BCUT2D eigenvalue weighted by Crippen LogP contribution is 2.65. The molecule has 150 valence electrons. The van der Waals surface area contributed by atoms with E-state index in [-0.39, 0.29) is 41.0 Å². The molecule has 30 heavy (non-hydrogen) atoms. The van der Waals surface area contributed by atoms with Gasteiger partial charge < -0.3 is 9.52 Å². The predicted molar refractivity (Wildman–Crippen MR) is 105 cm³/mol.